The minimum absolute atomic E-state index is 0.236. The number of rotatable bonds is 6. The number of alkyl halides is 3. The second-order valence-electron chi connectivity index (χ2n) is 5.87. The average molecular weight is 477 g/mol. The molecule has 0 aliphatic carbocycles. The van der Waals surface area contributed by atoms with E-state index in [2.05, 4.69) is 9.97 Å². The molecule has 1 N–H and O–H groups in total. The number of H-pyrrole nitrogens is 1. The molecule has 29 heavy (non-hydrogen) atoms. The number of aromatic nitrogens is 2. The fraction of sp³-hybridized carbons (Fsp3) is 0.158. The first kappa shape index (κ1) is 22.1. The molecule has 0 aliphatic heterocycles. The van der Waals surface area contributed by atoms with Crippen molar-refractivity contribution in [2.45, 2.75) is 27.7 Å². The van der Waals surface area contributed by atoms with Crippen molar-refractivity contribution in [2.75, 3.05) is 0 Å². The van der Waals surface area contributed by atoms with E-state index in [1.165, 1.54) is 23.9 Å². The first-order valence-corrected chi connectivity index (χ1v) is 10.9. The van der Waals surface area contributed by atoms with Gasteiger partial charge in [0.25, 0.3) is 5.56 Å². The molecule has 1 aromatic heterocycles. The minimum Gasteiger partial charge on any atom is -0.301 e. The summed E-state index contributed by atoms with van der Waals surface area (Å²) in [4.78, 5) is 19.6. The maximum absolute atomic E-state index is 12.8. The highest BCUT2D eigenvalue weighted by molar-refractivity contribution is 7.99. The monoisotopic (exact) mass is 476 g/mol. The Kier molecular flexibility index (Phi) is 7.21. The summed E-state index contributed by atoms with van der Waals surface area (Å²) in [5.41, 5.74) is -0.0531. The van der Waals surface area contributed by atoms with Crippen LogP contribution in [0.5, 0.6) is 0 Å². The molecular formula is C19H13Cl2F3N2OS2. The van der Waals surface area contributed by atoms with Crippen LogP contribution in [0.25, 0.3) is 0 Å². The van der Waals surface area contributed by atoms with Gasteiger partial charge in [0.05, 0.1) is 21.3 Å². The van der Waals surface area contributed by atoms with Gasteiger partial charge in [-0.1, -0.05) is 59.2 Å². The number of nitrogens with one attached hydrogen (secondary N) is 1. The van der Waals surface area contributed by atoms with Crippen LogP contribution in [-0.2, 0) is 17.7 Å². The maximum atomic E-state index is 12.8. The highest BCUT2D eigenvalue weighted by Crippen LogP contribution is 2.35. The van der Waals surface area contributed by atoms with Crippen LogP contribution in [0.1, 0.15) is 16.8 Å². The second kappa shape index (κ2) is 9.47. The molecule has 0 radical (unpaired) electrons. The minimum atomic E-state index is -4.40. The van der Waals surface area contributed by atoms with Crippen molar-refractivity contribution in [1.82, 2.24) is 9.97 Å². The normalized spacial score (nSPS) is 11.6. The van der Waals surface area contributed by atoms with E-state index in [0.29, 0.717) is 37.1 Å². The molecule has 0 aliphatic rings. The standard InChI is InChI=1S/C19H13Cl2F3N2OS2/c20-14-5-2-6-15(21)17(14)28-10-13-8-16(27)26-18(25-13)29-9-11-3-1-4-12(7-11)19(22,23)24/h1-8H,9-10H2,(H,25,26,27). The molecule has 3 aromatic rings. The predicted octanol–water partition coefficient (Wildman–Crippen LogP) is 6.68. The molecule has 0 atom stereocenters. The van der Waals surface area contributed by atoms with Crippen LogP contribution in [0.15, 0.2) is 63.4 Å². The molecule has 0 spiro atoms. The van der Waals surface area contributed by atoms with Crippen LogP contribution in [0.4, 0.5) is 13.2 Å². The maximum Gasteiger partial charge on any atom is 0.416 e. The highest BCUT2D eigenvalue weighted by atomic mass is 35.5. The number of benzene rings is 2. The Bertz CT molecular complexity index is 1050. The lowest BCUT2D eigenvalue weighted by atomic mass is 10.1. The summed E-state index contributed by atoms with van der Waals surface area (Å²) in [6, 6.07) is 11.6. The third kappa shape index (κ3) is 6.18. The summed E-state index contributed by atoms with van der Waals surface area (Å²) in [6.07, 6.45) is -4.40. The quantitative estimate of drug-likeness (QED) is 0.318. The van der Waals surface area contributed by atoms with E-state index in [1.807, 2.05) is 0 Å². The van der Waals surface area contributed by atoms with E-state index in [4.69, 9.17) is 23.2 Å². The van der Waals surface area contributed by atoms with E-state index in [1.54, 1.807) is 24.3 Å². The molecular weight excluding hydrogens is 464 g/mol. The lowest BCUT2D eigenvalue weighted by Gasteiger charge is -2.09. The van der Waals surface area contributed by atoms with Gasteiger partial charge in [0.2, 0.25) is 0 Å². The van der Waals surface area contributed by atoms with Crippen molar-refractivity contribution in [3.05, 3.63) is 85.8 Å². The van der Waals surface area contributed by atoms with Gasteiger partial charge in [-0.15, -0.1) is 11.8 Å². The van der Waals surface area contributed by atoms with Gasteiger partial charge in [-0.2, -0.15) is 13.2 Å². The number of hydrogen-bond acceptors (Lipinski definition) is 4. The van der Waals surface area contributed by atoms with E-state index >= 15 is 0 Å². The summed E-state index contributed by atoms with van der Waals surface area (Å²) < 4.78 is 38.5. The lowest BCUT2D eigenvalue weighted by Crippen LogP contribution is -2.09. The first-order valence-electron chi connectivity index (χ1n) is 8.18. The van der Waals surface area contributed by atoms with Gasteiger partial charge in [0, 0.05) is 22.5 Å². The van der Waals surface area contributed by atoms with Gasteiger partial charge in [0.15, 0.2) is 5.16 Å². The molecule has 10 heteroatoms. The number of nitrogens with zero attached hydrogens (tertiary/aromatic N) is 1. The molecule has 0 fully saturated rings. The molecule has 0 saturated carbocycles. The van der Waals surface area contributed by atoms with Crippen molar-refractivity contribution >= 4 is 46.7 Å². The van der Waals surface area contributed by atoms with Crippen molar-refractivity contribution in [2.24, 2.45) is 0 Å². The van der Waals surface area contributed by atoms with E-state index in [-0.39, 0.29) is 11.3 Å². The van der Waals surface area contributed by atoms with Gasteiger partial charge in [-0.05, 0) is 23.8 Å². The van der Waals surface area contributed by atoms with Crippen molar-refractivity contribution in [3.63, 3.8) is 0 Å². The molecule has 0 bridgehead atoms. The third-order valence-electron chi connectivity index (χ3n) is 3.69. The molecule has 2 aromatic carbocycles. The highest BCUT2D eigenvalue weighted by Gasteiger charge is 2.30. The summed E-state index contributed by atoms with van der Waals surface area (Å²) in [5.74, 6) is 0.601. The van der Waals surface area contributed by atoms with Gasteiger partial charge < -0.3 is 4.98 Å². The van der Waals surface area contributed by atoms with Crippen LogP contribution in [0, 0.1) is 0 Å². The number of aromatic amines is 1. The van der Waals surface area contributed by atoms with Crippen molar-refractivity contribution < 1.29 is 13.2 Å². The van der Waals surface area contributed by atoms with Crippen LogP contribution in [0.2, 0.25) is 10.0 Å². The summed E-state index contributed by atoms with van der Waals surface area (Å²) >= 11 is 14.8. The zero-order chi connectivity index (χ0) is 21.0. The lowest BCUT2D eigenvalue weighted by molar-refractivity contribution is -0.137. The fourth-order valence-corrected chi connectivity index (χ4v) is 4.80. The second-order valence-corrected chi connectivity index (χ2v) is 8.63. The number of hydrogen-bond donors (Lipinski definition) is 1. The molecule has 0 amide bonds. The van der Waals surface area contributed by atoms with Crippen molar-refractivity contribution in [1.29, 1.82) is 0 Å². The molecule has 1 heterocycles. The largest absolute Gasteiger partial charge is 0.416 e. The van der Waals surface area contributed by atoms with E-state index in [9.17, 15) is 18.0 Å². The third-order valence-corrected chi connectivity index (χ3v) is 6.65. The smallest absolute Gasteiger partial charge is 0.301 e. The fourth-order valence-electron chi connectivity index (χ4n) is 2.38. The number of thioether (sulfide) groups is 2. The number of halogens is 5. The Morgan fingerprint density at radius 1 is 0.966 bits per heavy atom. The Balaban J connectivity index is 1.70. The topological polar surface area (TPSA) is 45.8 Å². The predicted molar refractivity (Wildman–Crippen MR) is 112 cm³/mol. The van der Waals surface area contributed by atoms with Crippen LogP contribution in [-0.4, -0.2) is 9.97 Å². The van der Waals surface area contributed by atoms with Crippen molar-refractivity contribution in [3.8, 4) is 0 Å². The van der Waals surface area contributed by atoms with E-state index in [0.717, 1.165) is 23.9 Å². The van der Waals surface area contributed by atoms with Gasteiger partial charge in [-0.25, -0.2) is 4.98 Å². The molecule has 3 nitrogen and oxygen atoms in total. The molecule has 152 valence electrons. The zero-order valence-corrected chi connectivity index (χ0v) is 17.7. The van der Waals surface area contributed by atoms with Gasteiger partial charge >= 0.3 is 6.18 Å². The molecule has 0 saturated heterocycles. The summed E-state index contributed by atoms with van der Waals surface area (Å²) in [5, 5.41) is 1.34. The summed E-state index contributed by atoms with van der Waals surface area (Å²) in [6.45, 7) is 0. The molecule has 0 unspecified atom stereocenters. The van der Waals surface area contributed by atoms with Crippen LogP contribution in [0.3, 0.4) is 0 Å². The van der Waals surface area contributed by atoms with Crippen LogP contribution >= 0.6 is 46.7 Å². The Morgan fingerprint density at radius 2 is 1.66 bits per heavy atom. The summed E-state index contributed by atoms with van der Waals surface area (Å²) in [7, 11) is 0. The van der Waals surface area contributed by atoms with Gasteiger partial charge in [-0.3, -0.25) is 4.79 Å². The average Bonchev–Trinajstić information content (AvgIpc) is 2.65. The van der Waals surface area contributed by atoms with Crippen LogP contribution < -0.4 is 5.56 Å². The zero-order valence-electron chi connectivity index (χ0n) is 14.6. The van der Waals surface area contributed by atoms with Gasteiger partial charge in [0.1, 0.15) is 0 Å². The Hall–Kier alpha value is -1.61. The SMILES string of the molecule is O=c1cc(CSc2c(Cl)cccc2Cl)nc(SCc2cccc(C(F)(F)F)c2)[nH]1. The first-order chi connectivity index (χ1) is 13.7. The molecule has 3 rings (SSSR count). The Morgan fingerprint density at radius 3 is 2.34 bits per heavy atom. The van der Waals surface area contributed by atoms with E-state index < -0.39 is 11.7 Å². The Labute approximate surface area is 183 Å².